The highest BCUT2D eigenvalue weighted by atomic mass is 35.5. The molecular weight excluding hydrogens is 275 g/mol. The lowest BCUT2D eigenvalue weighted by Gasteiger charge is -2.12. The molecule has 1 atom stereocenters. The van der Waals surface area contributed by atoms with Gasteiger partial charge in [0.25, 0.3) is 0 Å². The van der Waals surface area contributed by atoms with Crippen molar-refractivity contribution < 1.29 is 18.0 Å². The molecule has 0 radical (unpaired) electrons. The molecule has 0 aromatic heterocycles. The van der Waals surface area contributed by atoms with Gasteiger partial charge in [0.15, 0.2) is 0 Å². The molecule has 0 aliphatic rings. The Bertz CT molecular complexity index is 436. The van der Waals surface area contributed by atoms with Crippen molar-refractivity contribution in [1.82, 2.24) is 0 Å². The normalized spacial score (nSPS) is 13.5. The summed E-state index contributed by atoms with van der Waals surface area (Å²) in [6, 6.07) is 3.48. The van der Waals surface area contributed by atoms with E-state index in [0.29, 0.717) is 4.90 Å². The molecule has 1 rings (SSSR count). The second-order valence-corrected chi connectivity index (χ2v) is 5.12. The number of carbonyl (C=O) groups excluding carboxylic acids is 1. The quantitative estimate of drug-likeness (QED) is 0.865. The molecule has 0 aliphatic carbocycles. The number of hydrogen-bond donors (Lipinski definition) is 1. The summed E-state index contributed by atoms with van der Waals surface area (Å²) in [6.07, 6.45) is -4.51. The molecule has 2 nitrogen and oxygen atoms in total. The van der Waals surface area contributed by atoms with Crippen LogP contribution in [0.1, 0.15) is 12.5 Å². The van der Waals surface area contributed by atoms with Gasteiger partial charge in [-0.25, -0.2) is 0 Å². The van der Waals surface area contributed by atoms with Crippen LogP contribution in [0.4, 0.5) is 13.2 Å². The number of halogens is 4. The average Bonchev–Trinajstić information content (AvgIpc) is 2.19. The third kappa shape index (κ3) is 3.81. The zero-order chi connectivity index (χ0) is 13.2. The topological polar surface area (TPSA) is 43.1 Å². The molecule has 2 N–H and O–H groups in total. The van der Waals surface area contributed by atoms with Crippen molar-refractivity contribution in [1.29, 1.82) is 0 Å². The van der Waals surface area contributed by atoms with E-state index in [1.807, 2.05) is 0 Å². The van der Waals surface area contributed by atoms with Crippen LogP contribution in [0.25, 0.3) is 0 Å². The van der Waals surface area contributed by atoms with Crippen molar-refractivity contribution in [3.63, 3.8) is 0 Å². The molecule has 1 aromatic rings. The van der Waals surface area contributed by atoms with E-state index in [-0.39, 0.29) is 5.02 Å². The van der Waals surface area contributed by atoms with Crippen molar-refractivity contribution in [2.24, 2.45) is 5.73 Å². The molecule has 0 bridgehead atoms. The van der Waals surface area contributed by atoms with Gasteiger partial charge in [0.2, 0.25) is 5.91 Å². The van der Waals surface area contributed by atoms with Gasteiger partial charge in [0, 0.05) is 4.90 Å². The number of benzene rings is 1. The molecule has 0 fully saturated rings. The van der Waals surface area contributed by atoms with E-state index in [2.05, 4.69) is 0 Å². The van der Waals surface area contributed by atoms with Gasteiger partial charge in [-0.3, -0.25) is 4.79 Å². The van der Waals surface area contributed by atoms with Crippen molar-refractivity contribution >= 4 is 29.3 Å². The van der Waals surface area contributed by atoms with Crippen LogP contribution in [-0.4, -0.2) is 11.2 Å². The predicted molar refractivity (Wildman–Crippen MR) is 61.0 cm³/mol. The molecule has 1 amide bonds. The molecule has 0 spiro atoms. The summed E-state index contributed by atoms with van der Waals surface area (Å²) in [5.41, 5.74) is 4.11. The summed E-state index contributed by atoms with van der Waals surface area (Å²) in [5.74, 6) is -0.585. The van der Waals surface area contributed by atoms with E-state index < -0.39 is 22.9 Å². The zero-order valence-corrected chi connectivity index (χ0v) is 10.3. The van der Waals surface area contributed by atoms with Gasteiger partial charge in [-0.15, -0.1) is 11.8 Å². The highest BCUT2D eigenvalue weighted by molar-refractivity contribution is 8.00. The van der Waals surface area contributed by atoms with E-state index in [4.69, 9.17) is 17.3 Å². The zero-order valence-electron chi connectivity index (χ0n) is 8.72. The highest BCUT2D eigenvalue weighted by Crippen LogP contribution is 2.37. The smallest absolute Gasteiger partial charge is 0.369 e. The number of carbonyl (C=O) groups is 1. The first kappa shape index (κ1) is 14.2. The minimum Gasteiger partial charge on any atom is -0.369 e. The van der Waals surface area contributed by atoms with E-state index in [1.165, 1.54) is 13.0 Å². The number of nitrogens with two attached hydrogens (primary N) is 1. The molecule has 0 heterocycles. The number of amides is 1. The Morgan fingerprint density at radius 3 is 2.53 bits per heavy atom. The summed E-state index contributed by atoms with van der Waals surface area (Å²) in [6.45, 7) is 1.52. The molecular formula is C10H9ClF3NOS. The van der Waals surface area contributed by atoms with Crippen molar-refractivity contribution in [2.45, 2.75) is 23.2 Å². The second kappa shape index (κ2) is 5.18. The molecule has 17 heavy (non-hydrogen) atoms. The number of rotatable bonds is 3. The fourth-order valence-corrected chi connectivity index (χ4v) is 2.14. The van der Waals surface area contributed by atoms with Gasteiger partial charge in [-0.2, -0.15) is 13.2 Å². The molecule has 0 saturated carbocycles. The first-order chi connectivity index (χ1) is 7.71. The van der Waals surface area contributed by atoms with Gasteiger partial charge < -0.3 is 5.73 Å². The van der Waals surface area contributed by atoms with E-state index >= 15 is 0 Å². The summed E-state index contributed by atoms with van der Waals surface area (Å²) >= 11 is 6.42. The van der Waals surface area contributed by atoms with Crippen LogP contribution in [0.5, 0.6) is 0 Å². The largest absolute Gasteiger partial charge is 0.417 e. The molecule has 0 saturated heterocycles. The molecule has 0 unspecified atom stereocenters. The molecule has 94 valence electrons. The van der Waals surface area contributed by atoms with E-state index in [0.717, 1.165) is 23.9 Å². The van der Waals surface area contributed by atoms with Gasteiger partial charge in [0.05, 0.1) is 15.8 Å². The fraction of sp³-hybridized carbons (Fsp3) is 0.300. The predicted octanol–water partition coefficient (Wildman–Crippen LogP) is 3.32. The maximum absolute atomic E-state index is 12.5. The lowest BCUT2D eigenvalue weighted by Crippen LogP contribution is -2.22. The Kier molecular flexibility index (Phi) is 4.32. The fourth-order valence-electron chi connectivity index (χ4n) is 1.06. The molecule has 1 aromatic carbocycles. The number of hydrogen-bond acceptors (Lipinski definition) is 2. The maximum atomic E-state index is 12.5. The van der Waals surface area contributed by atoms with Crippen molar-refractivity contribution in [3.8, 4) is 0 Å². The highest BCUT2D eigenvalue weighted by Gasteiger charge is 2.33. The van der Waals surface area contributed by atoms with Gasteiger partial charge >= 0.3 is 6.18 Å². The SMILES string of the molecule is C[C@@H](Sc1ccc(Cl)c(C(F)(F)F)c1)C(N)=O. The van der Waals surface area contributed by atoms with Crippen LogP contribution in [-0.2, 0) is 11.0 Å². The Labute approximate surface area is 105 Å². The first-order valence-corrected chi connectivity index (χ1v) is 5.80. The third-order valence-electron chi connectivity index (χ3n) is 1.96. The second-order valence-electron chi connectivity index (χ2n) is 3.30. The Balaban J connectivity index is 3.01. The van der Waals surface area contributed by atoms with E-state index in [9.17, 15) is 18.0 Å². The minimum atomic E-state index is -4.51. The van der Waals surface area contributed by atoms with Crippen LogP contribution < -0.4 is 5.73 Å². The number of primary amides is 1. The molecule has 7 heteroatoms. The Hall–Kier alpha value is -0.880. The lowest BCUT2D eigenvalue weighted by molar-refractivity contribution is -0.137. The standard InChI is InChI=1S/C10H9ClF3NOS/c1-5(9(15)16)17-6-2-3-8(11)7(4-6)10(12,13)14/h2-5H,1H3,(H2,15,16)/t5-/m1/s1. The van der Waals surface area contributed by atoms with Crippen LogP contribution in [0.2, 0.25) is 5.02 Å². The summed E-state index contributed by atoms with van der Waals surface area (Å²) in [5, 5.41) is -0.967. The maximum Gasteiger partial charge on any atom is 0.417 e. The summed E-state index contributed by atoms with van der Waals surface area (Å²) in [4.78, 5) is 11.1. The summed E-state index contributed by atoms with van der Waals surface area (Å²) in [7, 11) is 0. The van der Waals surface area contributed by atoms with Gasteiger partial charge in [-0.1, -0.05) is 11.6 Å². The van der Waals surface area contributed by atoms with Gasteiger partial charge in [-0.05, 0) is 25.1 Å². The Morgan fingerprint density at radius 1 is 1.47 bits per heavy atom. The van der Waals surface area contributed by atoms with Crippen LogP contribution >= 0.6 is 23.4 Å². The van der Waals surface area contributed by atoms with Crippen LogP contribution in [0.3, 0.4) is 0 Å². The lowest BCUT2D eigenvalue weighted by atomic mass is 10.2. The van der Waals surface area contributed by atoms with E-state index in [1.54, 1.807) is 0 Å². The number of alkyl halides is 3. The third-order valence-corrected chi connectivity index (χ3v) is 3.40. The Morgan fingerprint density at radius 2 is 2.06 bits per heavy atom. The number of thioether (sulfide) groups is 1. The van der Waals surface area contributed by atoms with Crippen LogP contribution in [0.15, 0.2) is 23.1 Å². The van der Waals surface area contributed by atoms with Gasteiger partial charge in [0.1, 0.15) is 0 Å². The average molecular weight is 284 g/mol. The summed E-state index contributed by atoms with van der Waals surface area (Å²) < 4.78 is 37.6. The first-order valence-electron chi connectivity index (χ1n) is 4.54. The van der Waals surface area contributed by atoms with Crippen LogP contribution in [0, 0.1) is 0 Å². The minimum absolute atomic E-state index is 0.299. The monoisotopic (exact) mass is 283 g/mol. The molecule has 0 aliphatic heterocycles. The van der Waals surface area contributed by atoms with Crippen molar-refractivity contribution in [3.05, 3.63) is 28.8 Å². The van der Waals surface area contributed by atoms with Crippen molar-refractivity contribution in [2.75, 3.05) is 0 Å².